The number of alkyl halides is 1. The molecule has 7 heteroatoms. The van der Waals surface area contributed by atoms with Gasteiger partial charge >= 0.3 is 0 Å². The second-order valence-electron chi connectivity index (χ2n) is 7.20. The molecule has 0 saturated carbocycles. The van der Waals surface area contributed by atoms with Crippen molar-refractivity contribution in [2.75, 3.05) is 20.1 Å². The Hall–Kier alpha value is -1.86. The zero-order valence-corrected chi connectivity index (χ0v) is 15.2. The molecular formula is C18H27FN6. The molecule has 1 fully saturated rings. The van der Waals surface area contributed by atoms with Crippen molar-refractivity contribution in [3.05, 3.63) is 42.5 Å². The molecule has 0 N–H and O–H groups in total. The van der Waals surface area contributed by atoms with Gasteiger partial charge in [0.15, 0.2) is 0 Å². The molecule has 3 rings (SSSR count). The van der Waals surface area contributed by atoms with Crippen LogP contribution in [-0.4, -0.2) is 61.7 Å². The monoisotopic (exact) mass is 346 g/mol. The molecule has 2 aromatic heterocycles. The highest BCUT2D eigenvalue weighted by Crippen LogP contribution is 2.23. The predicted octanol–water partition coefficient (Wildman–Crippen LogP) is 2.30. The van der Waals surface area contributed by atoms with E-state index >= 15 is 0 Å². The molecule has 0 aliphatic carbocycles. The van der Waals surface area contributed by atoms with E-state index in [9.17, 15) is 4.39 Å². The van der Waals surface area contributed by atoms with E-state index in [0.717, 1.165) is 24.5 Å². The standard InChI is InChI=1S/C18H27FN6/c1-14(2)25-5-4-22-18(25)12-23(3)11-17-6-16(19)10-24(17)9-15-7-20-13-21-8-15/h4-5,7-8,13-14,16-17H,6,9-12H2,1-3H3/t16-,17-/m0/s1. The molecule has 2 atom stereocenters. The smallest absolute Gasteiger partial charge is 0.123 e. The first-order valence-corrected chi connectivity index (χ1v) is 8.85. The molecule has 1 aliphatic rings. The number of imidazole rings is 1. The first-order chi connectivity index (χ1) is 12.0. The molecular weight excluding hydrogens is 319 g/mol. The van der Waals surface area contributed by atoms with Crippen LogP contribution in [-0.2, 0) is 13.1 Å². The molecule has 0 bridgehead atoms. The van der Waals surface area contributed by atoms with Gasteiger partial charge in [0.25, 0.3) is 0 Å². The number of likely N-dealkylation sites (tertiary alicyclic amines) is 1. The summed E-state index contributed by atoms with van der Waals surface area (Å²) in [6, 6.07) is 0.588. The quantitative estimate of drug-likeness (QED) is 0.770. The van der Waals surface area contributed by atoms with Crippen LogP contribution in [0, 0.1) is 0 Å². The van der Waals surface area contributed by atoms with Gasteiger partial charge in [-0.05, 0) is 27.3 Å². The van der Waals surface area contributed by atoms with Gasteiger partial charge < -0.3 is 4.57 Å². The molecule has 0 radical (unpaired) electrons. The van der Waals surface area contributed by atoms with Crippen molar-refractivity contribution < 1.29 is 4.39 Å². The van der Waals surface area contributed by atoms with E-state index in [-0.39, 0.29) is 6.04 Å². The minimum atomic E-state index is -0.763. The summed E-state index contributed by atoms with van der Waals surface area (Å²) < 4.78 is 16.2. The number of hydrogen-bond donors (Lipinski definition) is 0. The Kier molecular flexibility index (Phi) is 5.75. The molecule has 0 unspecified atom stereocenters. The Morgan fingerprint density at radius 1 is 1.32 bits per heavy atom. The van der Waals surface area contributed by atoms with Crippen LogP contribution >= 0.6 is 0 Å². The Bertz CT molecular complexity index is 659. The van der Waals surface area contributed by atoms with Crippen LogP contribution in [0.25, 0.3) is 0 Å². The number of halogens is 1. The first-order valence-electron chi connectivity index (χ1n) is 8.85. The number of nitrogens with zero attached hydrogens (tertiary/aromatic N) is 6. The van der Waals surface area contributed by atoms with Crippen LogP contribution in [0.3, 0.4) is 0 Å². The van der Waals surface area contributed by atoms with E-state index in [1.165, 1.54) is 6.33 Å². The fourth-order valence-electron chi connectivity index (χ4n) is 3.55. The fourth-order valence-corrected chi connectivity index (χ4v) is 3.55. The highest BCUT2D eigenvalue weighted by Gasteiger charge is 2.32. The summed E-state index contributed by atoms with van der Waals surface area (Å²) in [5, 5.41) is 0. The van der Waals surface area contributed by atoms with Gasteiger partial charge in [-0.1, -0.05) is 0 Å². The summed E-state index contributed by atoms with van der Waals surface area (Å²) >= 11 is 0. The van der Waals surface area contributed by atoms with Gasteiger partial charge in [0.2, 0.25) is 0 Å². The third kappa shape index (κ3) is 4.61. The first kappa shape index (κ1) is 17.9. The summed E-state index contributed by atoms with van der Waals surface area (Å²) in [7, 11) is 2.08. The van der Waals surface area contributed by atoms with E-state index in [2.05, 4.69) is 50.2 Å². The maximum absolute atomic E-state index is 14.0. The van der Waals surface area contributed by atoms with Gasteiger partial charge in [-0.15, -0.1) is 0 Å². The maximum atomic E-state index is 14.0. The lowest BCUT2D eigenvalue weighted by Crippen LogP contribution is -2.38. The number of aromatic nitrogens is 4. The second kappa shape index (κ2) is 8.01. The lowest BCUT2D eigenvalue weighted by molar-refractivity contribution is 0.177. The molecule has 0 aromatic carbocycles. The summed E-state index contributed by atoms with van der Waals surface area (Å²) in [6.07, 6.45) is 8.81. The topological polar surface area (TPSA) is 50.1 Å². The van der Waals surface area contributed by atoms with Crippen molar-refractivity contribution in [1.29, 1.82) is 0 Å². The highest BCUT2D eigenvalue weighted by molar-refractivity contribution is 5.04. The minimum Gasteiger partial charge on any atom is -0.331 e. The molecule has 0 amide bonds. The van der Waals surface area contributed by atoms with Crippen molar-refractivity contribution in [1.82, 2.24) is 29.3 Å². The number of rotatable bonds is 7. The van der Waals surface area contributed by atoms with Crippen molar-refractivity contribution in [3.8, 4) is 0 Å². The SMILES string of the molecule is CC(C)n1ccnc1CN(C)C[C@@H]1C[C@H](F)CN1Cc1cncnc1. The van der Waals surface area contributed by atoms with Gasteiger partial charge in [-0.2, -0.15) is 0 Å². The van der Waals surface area contributed by atoms with Crippen LogP contribution in [0.15, 0.2) is 31.1 Å². The molecule has 6 nitrogen and oxygen atoms in total. The molecule has 25 heavy (non-hydrogen) atoms. The lowest BCUT2D eigenvalue weighted by Gasteiger charge is -2.28. The van der Waals surface area contributed by atoms with Crippen LogP contribution in [0.1, 0.15) is 37.7 Å². The second-order valence-corrected chi connectivity index (χ2v) is 7.20. The molecule has 0 spiro atoms. The third-order valence-electron chi connectivity index (χ3n) is 4.72. The zero-order valence-electron chi connectivity index (χ0n) is 15.2. The van der Waals surface area contributed by atoms with E-state index in [0.29, 0.717) is 25.6 Å². The fraction of sp³-hybridized carbons (Fsp3) is 0.611. The van der Waals surface area contributed by atoms with Gasteiger partial charge in [-0.3, -0.25) is 9.80 Å². The van der Waals surface area contributed by atoms with Crippen LogP contribution < -0.4 is 0 Å². The van der Waals surface area contributed by atoms with Crippen LogP contribution in [0.5, 0.6) is 0 Å². The van der Waals surface area contributed by atoms with E-state index in [4.69, 9.17) is 0 Å². The van der Waals surface area contributed by atoms with Crippen molar-refractivity contribution >= 4 is 0 Å². The molecule has 136 valence electrons. The Labute approximate surface area is 148 Å². The molecule has 1 saturated heterocycles. The van der Waals surface area contributed by atoms with Crippen LogP contribution in [0.2, 0.25) is 0 Å². The molecule has 2 aromatic rings. The average Bonchev–Trinajstić information content (AvgIpc) is 3.15. The van der Waals surface area contributed by atoms with Gasteiger partial charge in [0.05, 0.1) is 6.54 Å². The van der Waals surface area contributed by atoms with E-state index in [1.807, 2.05) is 12.4 Å². The summed E-state index contributed by atoms with van der Waals surface area (Å²) in [5.41, 5.74) is 1.03. The van der Waals surface area contributed by atoms with E-state index < -0.39 is 6.17 Å². The molecule has 1 aliphatic heterocycles. The Morgan fingerprint density at radius 2 is 2.08 bits per heavy atom. The largest absolute Gasteiger partial charge is 0.331 e. The summed E-state index contributed by atoms with van der Waals surface area (Å²) in [4.78, 5) is 17.0. The van der Waals surface area contributed by atoms with Crippen molar-refractivity contribution in [2.45, 2.75) is 51.6 Å². The van der Waals surface area contributed by atoms with Gasteiger partial charge in [-0.25, -0.2) is 19.3 Å². The predicted molar refractivity (Wildman–Crippen MR) is 94.7 cm³/mol. The van der Waals surface area contributed by atoms with Crippen LogP contribution in [0.4, 0.5) is 4.39 Å². The van der Waals surface area contributed by atoms with Gasteiger partial charge in [0.1, 0.15) is 18.3 Å². The highest BCUT2D eigenvalue weighted by atomic mass is 19.1. The lowest BCUT2D eigenvalue weighted by atomic mass is 10.2. The van der Waals surface area contributed by atoms with Gasteiger partial charge in [0, 0.05) is 62.1 Å². The van der Waals surface area contributed by atoms with Crippen molar-refractivity contribution in [2.24, 2.45) is 0 Å². The Balaban J connectivity index is 1.60. The Morgan fingerprint density at radius 3 is 2.80 bits per heavy atom. The zero-order chi connectivity index (χ0) is 17.8. The number of hydrogen-bond acceptors (Lipinski definition) is 5. The average molecular weight is 346 g/mol. The maximum Gasteiger partial charge on any atom is 0.123 e. The van der Waals surface area contributed by atoms with E-state index in [1.54, 1.807) is 12.4 Å². The summed E-state index contributed by atoms with van der Waals surface area (Å²) in [5.74, 6) is 1.05. The molecule has 3 heterocycles. The normalized spacial score (nSPS) is 21.5. The third-order valence-corrected chi connectivity index (χ3v) is 4.72. The number of likely N-dealkylation sites (N-methyl/N-ethyl adjacent to an activating group) is 1. The van der Waals surface area contributed by atoms with Crippen molar-refractivity contribution in [3.63, 3.8) is 0 Å². The summed E-state index contributed by atoms with van der Waals surface area (Å²) in [6.45, 7) is 7.06. The minimum absolute atomic E-state index is 0.197.